The predicted molar refractivity (Wildman–Crippen MR) is 80.2 cm³/mol. The molecule has 1 aromatic carbocycles. The highest BCUT2D eigenvalue weighted by atomic mass is 16.5. The number of hydrogen-bond acceptors (Lipinski definition) is 3. The van der Waals surface area contributed by atoms with Crippen LogP contribution in [0, 0.1) is 11.3 Å². The van der Waals surface area contributed by atoms with Gasteiger partial charge in [0.25, 0.3) is 0 Å². The Balaban J connectivity index is 1.81. The van der Waals surface area contributed by atoms with E-state index in [4.69, 9.17) is 15.9 Å². The van der Waals surface area contributed by atoms with Crippen molar-refractivity contribution in [3.8, 4) is 5.88 Å². The average Bonchev–Trinajstić information content (AvgIpc) is 2.40. The zero-order valence-corrected chi connectivity index (χ0v) is 11.4. The van der Waals surface area contributed by atoms with E-state index in [1.165, 1.54) is 19.3 Å². The molecule has 0 radical (unpaired) electrons. The van der Waals surface area contributed by atoms with Crippen molar-refractivity contribution in [2.24, 2.45) is 11.7 Å². The van der Waals surface area contributed by atoms with Crippen molar-refractivity contribution >= 4 is 16.7 Å². The number of ether oxygens (including phenoxy) is 1. The monoisotopic (exact) mass is 269 g/mol. The molecule has 1 saturated carbocycles. The lowest BCUT2D eigenvalue weighted by Gasteiger charge is -2.24. The van der Waals surface area contributed by atoms with Crippen molar-refractivity contribution in [2.45, 2.75) is 25.7 Å². The van der Waals surface area contributed by atoms with E-state index < -0.39 is 0 Å². The highest BCUT2D eigenvalue weighted by Crippen LogP contribution is 2.29. The second kappa shape index (κ2) is 5.49. The number of para-hydroxylation sites is 1. The van der Waals surface area contributed by atoms with E-state index >= 15 is 0 Å². The zero-order valence-electron chi connectivity index (χ0n) is 11.4. The first-order chi connectivity index (χ1) is 9.74. The first kappa shape index (κ1) is 12.9. The molecule has 0 bridgehead atoms. The molecule has 4 heteroatoms. The maximum atomic E-state index is 7.69. The number of aromatic nitrogens is 1. The topological polar surface area (TPSA) is 72.0 Å². The summed E-state index contributed by atoms with van der Waals surface area (Å²) in [6.07, 6.45) is 5.09. The van der Waals surface area contributed by atoms with Crippen molar-refractivity contribution < 1.29 is 4.74 Å². The molecule has 1 fully saturated rings. The van der Waals surface area contributed by atoms with E-state index in [-0.39, 0.29) is 5.84 Å². The molecule has 0 aliphatic heterocycles. The molecule has 1 aliphatic carbocycles. The van der Waals surface area contributed by atoms with Crippen LogP contribution in [0.25, 0.3) is 10.9 Å². The van der Waals surface area contributed by atoms with Gasteiger partial charge in [-0.05, 0) is 18.4 Å². The largest absolute Gasteiger partial charge is 0.478 e. The molecule has 3 N–H and O–H groups in total. The molecule has 0 amide bonds. The summed E-state index contributed by atoms with van der Waals surface area (Å²) in [6.45, 7) is 0.688. The van der Waals surface area contributed by atoms with Crippen molar-refractivity contribution in [1.29, 1.82) is 5.41 Å². The number of nitrogens with one attached hydrogen (secondary N) is 1. The number of pyridine rings is 1. The number of nitrogens with zero attached hydrogens (tertiary/aromatic N) is 1. The van der Waals surface area contributed by atoms with Crippen molar-refractivity contribution in [3.05, 3.63) is 35.9 Å². The number of nitrogens with two attached hydrogens (primary N) is 1. The van der Waals surface area contributed by atoms with Gasteiger partial charge < -0.3 is 10.5 Å². The third-order valence-electron chi connectivity index (χ3n) is 3.98. The van der Waals surface area contributed by atoms with E-state index in [1.54, 1.807) is 6.07 Å². The number of amidine groups is 1. The van der Waals surface area contributed by atoms with E-state index in [2.05, 4.69) is 4.98 Å². The van der Waals surface area contributed by atoms with Gasteiger partial charge in [-0.1, -0.05) is 37.5 Å². The van der Waals surface area contributed by atoms with E-state index in [1.807, 2.05) is 24.3 Å². The first-order valence-corrected chi connectivity index (χ1v) is 7.11. The Kier molecular flexibility index (Phi) is 3.54. The molecular weight excluding hydrogens is 250 g/mol. The normalized spacial score (nSPS) is 15.0. The lowest BCUT2D eigenvalue weighted by Crippen LogP contribution is -2.15. The lowest BCUT2D eigenvalue weighted by atomic mass is 9.83. The van der Waals surface area contributed by atoms with Crippen LogP contribution in [0.5, 0.6) is 5.88 Å². The van der Waals surface area contributed by atoms with Crippen LogP contribution < -0.4 is 10.5 Å². The van der Waals surface area contributed by atoms with Crippen LogP contribution in [0.3, 0.4) is 0 Å². The van der Waals surface area contributed by atoms with Gasteiger partial charge in [-0.25, -0.2) is 4.98 Å². The summed E-state index contributed by atoms with van der Waals surface area (Å²) < 4.78 is 5.75. The Morgan fingerprint density at radius 3 is 2.85 bits per heavy atom. The summed E-state index contributed by atoms with van der Waals surface area (Å²) in [5.41, 5.74) is 7.16. The van der Waals surface area contributed by atoms with Crippen molar-refractivity contribution in [1.82, 2.24) is 4.98 Å². The van der Waals surface area contributed by atoms with Gasteiger partial charge in [0.15, 0.2) is 0 Å². The highest BCUT2D eigenvalue weighted by Gasteiger charge is 2.17. The Morgan fingerprint density at radius 1 is 1.35 bits per heavy atom. The molecule has 0 atom stereocenters. The van der Waals surface area contributed by atoms with Crippen molar-refractivity contribution in [2.75, 3.05) is 6.61 Å². The van der Waals surface area contributed by atoms with Crippen LogP contribution in [0.2, 0.25) is 0 Å². The van der Waals surface area contributed by atoms with Gasteiger partial charge in [-0.2, -0.15) is 0 Å². The van der Waals surface area contributed by atoms with Crippen LogP contribution in [-0.4, -0.2) is 17.4 Å². The minimum absolute atomic E-state index is 0.0486. The molecule has 1 aromatic heterocycles. The first-order valence-electron chi connectivity index (χ1n) is 7.11. The molecule has 0 saturated heterocycles. The second-order valence-corrected chi connectivity index (χ2v) is 5.37. The predicted octanol–water partition coefficient (Wildman–Crippen LogP) is 3.09. The minimum Gasteiger partial charge on any atom is -0.478 e. The summed E-state index contributed by atoms with van der Waals surface area (Å²) in [5.74, 6) is 1.43. The van der Waals surface area contributed by atoms with Crippen LogP contribution in [-0.2, 0) is 0 Å². The summed E-state index contributed by atoms with van der Waals surface area (Å²) in [5, 5.41) is 8.59. The van der Waals surface area contributed by atoms with Gasteiger partial charge in [0, 0.05) is 17.0 Å². The standard InChI is InChI=1S/C16H19N3O/c17-16(18)13-10-15(20-9-8-11-4-3-5-11)19-14-7-2-1-6-12(13)14/h1-2,6-7,10-11H,3-5,8-9H2,(H3,17,18). The molecule has 104 valence electrons. The van der Waals surface area contributed by atoms with Gasteiger partial charge in [0.2, 0.25) is 5.88 Å². The zero-order chi connectivity index (χ0) is 13.9. The quantitative estimate of drug-likeness (QED) is 0.647. The smallest absolute Gasteiger partial charge is 0.214 e. The maximum Gasteiger partial charge on any atom is 0.214 e. The SMILES string of the molecule is N=C(N)c1cc(OCCC2CCC2)nc2ccccc12. The average molecular weight is 269 g/mol. The summed E-state index contributed by atoms with van der Waals surface area (Å²) in [4.78, 5) is 4.48. The van der Waals surface area contributed by atoms with Crippen LogP contribution >= 0.6 is 0 Å². The third-order valence-corrected chi connectivity index (χ3v) is 3.98. The fourth-order valence-corrected chi connectivity index (χ4v) is 2.56. The Hall–Kier alpha value is -2.10. The van der Waals surface area contributed by atoms with E-state index in [9.17, 15) is 0 Å². The number of hydrogen-bond donors (Lipinski definition) is 2. The Morgan fingerprint density at radius 2 is 2.15 bits per heavy atom. The van der Waals surface area contributed by atoms with E-state index in [0.29, 0.717) is 18.1 Å². The second-order valence-electron chi connectivity index (χ2n) is 5.37. The fourth-order valence-electron chi connectivity index (χ4n) is 2.56. The molecule has 3 rings (SSSR count). The third kappa shape index (κ3) is 2.59. The number of rotatable bonds is 5. The fraction of sp³-hybridized carbons (Fsp3) is 0.375. The summed E-state index contributed by atoms with van der Waals surface area (Å²) in [7, 11) is 0. The van der Waals surface area contributed by atoms with Gasteiger partial charge in [0.05, 0.1) is 12.1 Å². The summed E-state index contributed by atoms with van der Waals surface area (Å²) >= 11 is 0. The molecule has 1 heterocycles. The lowest BCUT2D eigenvalue weighted by molar-refractivity contribution is 0.218. The van der Waals surface area contributed by atoms with Crippen LogP contribution in [0.4, 0.5) is 0 Å². The van der Waals surface area contributed by atoms with E-state index in [0.717, 1.165) is 23.2 Å². The highest BCUT2D eigenvalue weighted by molar-refractivity contribution is 6.06. The van der Waals surface area contributed by atoms with Crippen LogP contribution in [0.15, 0.2) is 30.3 Å². The number of benzene rings is 1. The van der Waals surface area contributed by atoms with Gasteiger partial charge in [-0.3, -0.25) is 5.41 Å². The Labute approximate surface area is 118 Å². The molecule has 20 heavy (non-hydrogen) atoms. The van der Waals surface area contributed by atoms with Gasteiger partial charge in [-0.15, -0.1) is 0 Å². The molecular formula is C16H19N3O. The molecule has 0 spiro atoms. The number of nitrogen functional groups attached to an aromatic ring is 1. The van der Waals surface area contributed by atoms with Crippen molar-refractivity contribution in [3.63, 3.8) is 0 Å². The van der Waals surface area contributed by atoms with Crippen LogP contribution in [0.1, 0.15) is 31.2 Å². The van der Waals surface area contributed by atoms with Gasteiger partial charge >= 0.3 is 0 Å². The molecule has 1 aliphatic rings. The Bertz CT molecular complexity index is 635. The molecule has 4 nitrogen and oxygen atoms in total. The summed E-state index contributed by atoms with van der Waals surface area (Å²) in [6, 6.07) is 9.47. The van der Waals surface area contributed by atoms with Gasteiger partial charge in [0.1, 0.15) is 5.84 Å². The maximum absolute atomic E-state index is 7.69. The number of fused-ring (bicyclic) bond motifs is 1. The molecule has 2 aromatic rings. The molecule has 0 unspecified atom stereocenters. The minimum atomic E-state index is 0.0486.